The van der Waals surface area contributed by atoms with E-state index in [0.717, 1.165) is 27.8 Å². The number of H-pyrrole nitrogens is 1. The van der Waals surface area contributed by atoms with E-state index < -0.39 is 0 Å². The third-order valence-electron chi connectivity index (χ3n) is 4.45. The largest absolute Gasteiger partial charge is 0.497 e. The zero-order chi connectivity index (χ0) is 19.3. The van der Waals surface area contributed by atoms with Crippen LogP contribution in [0.25, 0.3) is 10.9 Å². The van der Waals surface area contributed by atoms with Gasteiger partial charge in [0.05, 0.1) is 12.8 Å². The summed E-state index contributed by atoms with van der Waals surface area (Å²) in [5.74, 6) is 0.469. The van der Waals surface area contributed by atoms with Crippen LogP contribution in [0.5, 0.6) is 5.75 Å². The van der Waals surface area contributed by atoms with Gasteiger partial charge in [0.1, 0.15) is 11.4 Å². The number of hydrazone groups is 1. The van der Waals surface area contributed by atoms with Crippen LogP contribution < -0.4 is 10.2 Å². The summed E-state index contributed by atoms with van der Waals surface area (Å²) in [6, 6.07) is 26.9. The average molecular weight is 369 g/mol. The predicted molar refractivity (Wildman–Crippen MR) is 111 cm³/mol. The fraction of sp³-hybridized carbons (Fsp3) is 0.0435. The van der Waals surface area contributed by atoms with E-state index in [0.29, 0.717) is 11.4 Å². The number of nitrogens with zero attached hydrogens (tertiary/aromatic N) is 1. The Labute approximate surface area is 162 Å². The molecule has 0 aliphatic rings. The van der Waals surface area contributed by atoms with Crippen LogP contribution in [-0.2, 0) is 0 Å². The Kier molecular flexibility index (Phi) is 4.89. The molecule has 0 atom stereocenters. The SMILES string of the molecule is COc1ccc(/C(=N\NC(=O)c2cc3ccccc3[nH]2)c2ccccc2)cc1. The minimum Gasteiger partial charge on any atom is -0.497 e. The molecule has 0 aliphatic heterocycles. The zero-order valence-electron chi connectivity index (χ0n) is 15.3. The molecule has 4 rings (SSSR count). The number of fused-ring (bicyclic) bond motifs is 1. The van der Waals surface area contributed by atoms with E-state index in [1.165, 1.54) is 0 Å². The molecule has 0 saturated heterocycles. The number of ether oxygens (including phenoxy) is 1. The van der Waals surface area contributed by atoms with Crippen molar-refractivity contribution in [2.75, 3.05) is 7.11 Å². The maximum atomic E-state index is 12.6. The number of amides is 1. The Morgan fingerprint density at radius 3 is 2.29 bits per heavy atom. The summed E-state index contributed by atoms with van der Waals surface area (Å²) in [4.78, 5) is 15.7. The van der Waals surface area contributed by atoms with Crippen LogP contribution in [-0.4, -0.2) is 23.7 Å². The van der Waals surface area contributed by atoms with Gasteiger partial charge in [0.25, 0.3) is 5.91 Å². The average Bonchev–Trinajstić information content (AvgIpc) is 3.19. The lowest BCUT2D eigenvalue weighted by molar-refractivity contribution is 0.0951. The molecule has 138 valence electrons. The summed E-state index contributed by atoms with van der Waals surface area (Å²) < 4.78 is 5.23. The minimum absolute atomic E-state index is 0.293. The summed E-state index contributed by atoms with van der Waals surface area (Å²) in [5.41, 5.74) is 6.51. The summed E-state index contributed by atoms with van der Waals surface area (Å²) in [6.45, 7) is 0. The third-order valence-corrected chi connectivity index (χ3v) is 4.45. The number of benzene rings is 3. The third kappa shape index (κ3) is 3.64. The van der Waals surface area contributed by atoms with Crippen molar-refractivity contribution in [3.05, 3.63) is 102 Å². The second-order valence-corrected chi connectivity index (χ2v) is 6.27. The first kappa shape index (κ1) is 17.5. The Hall–Kier alpha value is -3.86. The fourth-order valence-electron chi connectivity index (χ4n) is 3.00. The van der Waals surface area contributed by atoms with Crippen LogP contribution in [0.1, 0.15) is 21.6 Å². The highest BCUT2D eigenvalue weighted by molar-refractivity contribution is 6.13. The van der Waals surface area contributed by atoms with Crippen molar-refractivity contribution in [2.24, 2.45) is 5.10 Å². The molecule has 0 spiro atoms. The Morgan fingerprint density at radius 1 is 0.893 bits per heavy atom. The number of carbonyl (C=O) groups is 1. The molecule has 28 heavy (non-hydrogen) atoms. The molecule has 1 amide bonds. The molecule has 5 heteroatoms. The van der Waals surface area contributed by atoms with Gasteiger partial charge in [-0.1, -0.05) is 48.5 Å². The monoisotopic (exact) mass is 369 g/mol. The molecule has 4 aromatic rings. The number of hydrogen-bond acceptors (Lipinski definition) is 3. The molecule has 0 bridgehead atoms. The fourth-order valence-corrected chi connectivity index (χ4v) is 3.00. The lowest BCUT2D eigenvalue weighted by Crippen LogP contribution is -2.21. The van der Waals surface area contributed by atoms with Gasteiger partial charge in [-0.25, -0.2) is 5.43 Å². The number of nitrogens with one attached hydrogen (secondary N) is 2. The van der Waals surface area contributed by atoms with E-state index in [-0.39, 0.29) is 5.91 Å². The summed E-state index contributed by atoms with van der Waals surface area (Å²) in [7, 11) is 1.63. The second-order valence-electron chi connectivity index (χ2n) is 6.27. The van der Waals surface area contributed by atoms with Crippen LogP contribution in [0, 0.1) is 0 Å². The second kappa shape index (κ2) is 7.80. The Balaban J connectivity index is 1.65. The van der Waals surface area contributed by atoms with Gasteiger partial charge >= 0.3 is 0 Å². The van der Waals surface area contributed by atoms with Crippen LogP contribution in [0.15, 0.2) is 90.0 Å². The molecule has 3 aromatic carbocycles. The first-order valence-electron chi connectivity index (χ1n) is 8.90. The van der Waals surface area contributed by atoms with Crippen molar-refractivity contribution in [3.63, 3.8) is 0 Å². The zero-order valence-corrected chi connectivity index (χ0v) is 15.3. The molecule has 2 N–H and O–H groups in total. The highest BCUT2D eigenvalue weighted by Gasteiger charge is 2.11. The van der Waals surface area contributed by atoms with Gasteiger partial charge in [0.2, 0.25) is 0 Å². The van der Waals surface area contributed by atoms with Crippen molar-refractivity contribution < 1.29 is 9.53 Å². The molecule has 0 saturated carbocycles. The van der Waals surface area contributed by atoms with E-state index >= 15 is 0 Å². The summed E-state index contributed by atoms with van der Waals surface area (Å²) >= 11 is 0. The number of hydrogen-bond donors (Lipinski definition) is 2. The van der Waals surface area contributed by atoms with E-state index in [9.17, 15) is 4.79 Å². The van der Waals surface area contributed by atoms with Crippen LogP contribution in [0.4, 0.5) is 0 Å². The standard InChI is InChI=1S/C23H19N3O2/c1-28-19-13-11-17(12-14-19)22(16-7-3-2-4-8-16)25-26-23(27)21-15-18-9-5-6-10-20(18)24-21/h2-15,24H,1H3,(H,26,27)/b25-22-. The normalized spacial score (nSPS) is 11.4. The van der Waals surface area contributed by atoms with Gasteiger partial charge in [-0.15, -0.1) is 0 Å². The van der Waals surface area contributed by atoms with Gasteiger partial charge in [-0.2, -0.15) is 5.10 Å². The van der Waals surface area contributed by atoms with Crippen molar-refractivity contribution in [2.45, 2.75) is 0 Å². The molecule has 0 unspecified atom stereocenters. The number of carbonyl (C=O) groups excluding carboxylic acids is 1. The van der Waals surface area contributed by atoms with Crippen LogP contribution >= 0.6 is 0 Å². The first-order chi connectivity index (χ1) is 13.7. The van der Waals surface area contributed by atoms with Crippen LogP contribution in [0.3, 0.4) is 0 Å². The Bertz CT molecular complexity index is 1100. The predicted octanol–water partition coefficient (Wildman–Crippen LogP) is 4.36. The van der Waals surface area contributed by atoms with E-state index in [2.05, 4.69) is 15.5 Å². The smallest absolute Gasteiger partial charge is 0.287 e. The van der Waals surface area contributed by atoms with Gasteiger partial charge in [0, 0.05) is 22.0 Å². The molecule has 1 aromatic heterocycles. The Morgan fingerprint density at radius 2 is 1.57 bits per heavy atom. The van der Waals surface area contributed by atoms with Crippen molar-refractivity contribution >= 4 is 22.5 Å². The summed E-state index contributed by atoms with van der Waals surface area (Å²) in [6.07, 6.45) is 0. The molecule has 0 radical (unpaired) electrons. The van der Waals surface area contributed by atoms with Crippen molar-refractivity contribution in [1.29, 1.82) is 0 Å². The number of aromatic nitrogens is 1. The number of methoxy groups -OCH3 is 1. The van der Waals surface area contributed by atoms with E-state index in [1.807, 2.05) is 84.9 Å². The minimum atomic E-state index is -0.293. The number of aromatic amines is 1. The number of rotatable bonds is 5. The number of para-hydroxylation sites is 1. The highest BCUT2D eigenvalue weighted by Crippen LogP contribution is 2.17. The van der Waals surface area contributed by atoms with Crippen molar-refractivity contribution in [3.8, 4) is 5.75 Å². The summed E-state index contributed by atoms with van der Waals surface area (Å²) in [5, 5.41) is 5.40. The lowest BCUT2D eigenvalue weighted by atomic mass is 10.0. The van der Waals surface area contributed by atoms with Crippen LogP contribution in [0.2, 0.25) is 0 Å². The topological polar surface area (TPSA) is 66.5 Å². The van der Waals surface area contributed by atoms with E-state index in [4.69, 9.17) is 4.74 Å². The van der Waals surface area contributed by atoms with Gasteiger partial charge < -0.3 is 9.72 Å². The maximum Gasteiger partial charge on any atom is 0.287 e. The quantitative estimate of drug-likeness (QED) is 0.405. The maximum absolute atomic E-state index is 12.6. The van der Waals surface area contributed by atoms with Crippen molar-refractivity contribution in [1.82, 2.24) is 10.4 Å². The molecule has 1 heterocycles. The molecule has 0 aliphatic carbocycles. The highest BCUT2D eigenvalue weighted by atomic mass is 16.5. The molecular weight excluding hydrogens is 350 g/mol. The first-order valence-corrected chi connectivity index (χ1v) is 8.90. The lowest BCUT2D eigenvalue weighted by Gasteiger charge is -2.08. The van der Waals surface area contributed by atoms with Gasteiger partial charge in [-0.3, -0.25) is 4.79 Å². The molecule has 5 nitrogen and oxygen atoms in total. The van der Waals surface area contributed by atoms with Gasteiger partial charge in [0.15, 0.2) is 0 Å². The molecule has 0 fully saturated rings. The molecular formula is C23H19N3O2. The van der Waals surface area contributed by atoms with Gasteiger partial charge in [-0.05, 0) is 36.4 Å². The van der Waals surface area contributed by atoms with E-state index in [1.54, 1.807) is 7.11 Å².